The van der Waals surface area contributed by atoms with Crippen molar-refractivity contribution in [3.8, 4) is 0 Å². The zero-order chi connectivity index (χ0) is 18.7. The molecule has 0 saturated carbocycles. The second kappa shape index (κ2) is 7.63. The summed E-state index contributed by atoms with van der Waals surface area (Å²) in [6, 6.07) is 0. The van der Waals surface area contributed by atoms with Gasteiger partial charge in [0.05, 0.1) is 6.54 Å². The molecule has 1 aromatic rings. The average Bonchev–Trinajstić information content (AvgIpc) is 3.19. The number of carbonyl (C=O) groups is 4. The summed E-state index contributed by atoms with van der Waals surface area (Å²) in [7, 11) is 0. The van der Waals surface area contributed by atoms with E-state index in [2.05, 4.69) is 15.5 Å². The molecule has 0 bridgehead atoms. The lowest BCUT2D eigenvalue weighted by molar-refractivity contribution is -0.146. The summed E-state index contributed by atoms with van der Waals surface area (Å²) < 4.78 is 4.94. The van der Waals surface area contributed by atoms with Gasteiger partial charge < -0.3 is 14.7 Å². The first-order valence-corrected chi connectivity index (χ1v) is 8.62. The van der Waals surface area contributed by atoms with Gasteiger partial charge in [-0.2, -0.15) is 4.98 Å². The highest BCUT2D eigenvalue weighted by molar-refractivity contribution is 6.04. The van der Waals surface area contributed by atoms with Crippen LogP contribution in [0.1, 0.15) is 37.4 Å². The maximum Gasteiger partial charge on any atom is 0.246 e. The number of aryl methyl sites for hydroxylation is 1. The molecule has 10 nitrogen and oxygen atoms in total. The first kappa shape index (κ1) is 18.0. The molecule has 140 valence electrons. The first-order chi connectivity index (χ1) is 12.4. The summed E-state index contributed by atoms with van der Waals surface area (Å²) in [6.07, 6.45) is 1.41. The summed E-state index contributed by atoms with van der Waals surface area (Å²) in [5, 5.41) is 6.42. The summed E-state index contributed by atoms with van der Waals surface area (Å²) in [5.41, 5.74) is 0. The van der Waals surface area contributed by atoms with Crippen LogP contribution in [-0.4, -0.2) is 63.2 Å². The van der Waals surface area contributed by atoms with Crippen LogP contribution >= 0.6 is 0 Å². The van der Waals surface area contributed by atoms with Gasteiger partial charge in [-0.25, -0.2) is 0 Å². The Kier molecular flexibility index (Phi) is 5.29. The molecule has 0 radical (unpaired) electrons. The van der Waals surface area contributed by atoms with Gasteiger partial charge in [-0.3, -0.25) is 24.1 Å². The van der Waals surface area contributed by atoms with Gasteiger partial charge in [0.2, 0.25) is 29.5 Å². The minimum Gasteiger partial charge on any atom is -0.347 e. The van der Waals surface area contributed by atoms with E-state index in [9.17, 15) is 19.2 Å². The number of carbonyl (C=O) groups excluding carboxylic acids is 4. The monoisotopic (exact) mass is 363 g/mol. The Morgan fingerprint density at radius 1 is 1.19 bits per heavy atom. The van der Waals surface area contributed by atoms with Crippen molar-refractivity contribution in [1.82, 2.24) is 25.3 Å². The maximum absolute atomic E-state index is 12.3. The number of likely N-dealkylation sites (tertiary alicyclic amines) is 2. The number of aromatic nitrogens is 2. The number of hydrogen-bond acceptors (Lipinski definition) is 7. The molecule has 2 fully saturated rings. The molecule has 2 saturated heterocycles. The molecule has 3 heterocycles. The van der Waals surface area contributed by atoms with Crippen LogP contribution in [0.5, 0.6) is 0 Å². The van der Waals surface area contributed by atoms with E-state index in [-0.39, 0.29) is 55.5 Å². The number of piperidine rings is 1. The van der Waals surface area contributed by atoms with Crippen molar-refractivity contribution < 1.29 is 23.7 Å². The second-order valence-electron chi connectivity index (χ2n) is 6.48. The molecule has 0 unspecified atom stereocenters. The Morgan fingerprint density at radius 3 is 2.42 bits per heavy atom. The predicted molar refractivity (Wildman–Crippen MR) is 86.1 cm³/mol. The van der Waals surface area contributed by atoms with Gasteiger partial charge in [-0.05, 0) is 19.8 Å². The zero-order valence-electron chi connectivity index (χ0n) is 14.6. The molecule has 10 heteroatoms. The van der Waals surface area contributed by atoms with Crippen LogP contribution in [-0.2, 0) is 25.7 Å². The van der Waals surface area contributed by atoms with Crippen molar-refractivity contribution in [2.24, 2.45) is 5.92 Å². The molecule has 3 rings (SSSR count). The highest BCUT2D eigenvalue weighted by atomic mass is 16.5. The number of nitrogens with zero attached hydrogens (tertiary/aromatic N) is 4. The number of rotatable bonds is 5. The van der Waals surface area contributed by atoms with E-state index in [0.717, 1.165) is 4.90 Å². The van der Waals surface area contributed by atoms with Crippen LogP contribution in [0.25, 0.3) is 0 Å². The van der Waals surface area contributed by atoms with E-state index in [1.54, 1.807) is 11.8 Å². The summed E-state index contributed by atoms with van der Waals surface area (Å²) in [6.45, 7) is 2.52. The Hall–Kier alpha value is -2.78. The fourth-order valence-corrected chi connectivity index (χ4v) is 3.14. The second-order valence-corrected chi connectivity index (χ2v) is 6.48. The van der Waals surface area contributed by atoms with Crippen LogP contribution in [0.4, 0.5) is 0 Å². The fourth-order valence-electron chi connectivity index (χ4n) is 3.14. The number of hydrogen-bond donors (Lipinski definition) is 1. The average molecular weight is 363 g/mol. The number of nitrogens with one attached hydrogen (secondary N) is 1. The Labute approximate surface area is 149 Å². The normalized spacial score (nSPS) is 18.5. The van der Waals surface area contributed by atoms with Crippen molar-refractivity contribution in [3.05, 3.63) is 11.7 Å². The number of imide groups is 1. The molecular weight excluding hydrogens is 342 g/mol. The van der Waals surface area contributed by atoms with E-state index >= 15 is 0 Å². The molecule has 4 amide bonds. The molecule has 0 aliphatic carbocycles. The molecule has 1 N–H and O–H groups in total. The Morgan fingerprint density at radius 2 is 1.85 bits per heavy atom. The molecule has 2 aliphatic rings. The lowest BCUT2D eigenvalue weighted by Crippen LogP contribution is -2.47. The minimum atomic E-state index is -0.297. The Balaban J connectivity index is 1.43. The van der Waals surface area contributed by atoms with Crippen molar-refractivity contribution in [2.45, 2.75) is 39.2 Å². The van der Waals surface area contributed by atoms with E-state index < -0.39 is 0 Å². The summed E-state index contributed by atoms with van der Waals surface area (Å²) in [4.78, 5) is 54.3. The van der Waals surface area contributed by atoms with Gasteiger partial charge in [0.15, 0.2) is 5.82 Å². The first-order valence-electron chi connectivity index (χ1n) is 8.62. The van der Waals surface area contributed by atoms with Gasteiger partial charge in [-0.15, -0.1) is 0 Å². The molecule has 0 aromatic carbocycles. The summed E-state index contributed by atoms with van der Waals surface area (Å²) >= 11 is 0. The molecule has 1 aromatic heterocycles. The summed E-state index contributed by atoms with van der Waals surface area (Å²) in [5.74, 6) is -0.299. The standard InChI is InChI=1S/C16H21N5O5/c1-10-18-12(26-19-10)8-17-16(25)11-4-6-20(7-5-11)15(24)9-21-13(22)2-3-14(21)23/h11H,2-9H2,1H3,(H,17,25). The van der Waals surface area contributed by atoms with Gasteiger partial charge in [0.25, 0.3) is 0 Å². The van der Waals surface area contributed by atoms with Crippen LogP contribution in [0.15, 0.2) is 4.52 Å². The minimum absolute atomic E-state index is 0.113. The lowest BCUT2D eigenvalue weighted by atomic mass is 9.96. The van der Waals surface area contributed by atoms with E-state index in [1.807, 2.05) is 0 Å². The van der Waals surface area contributed by atoms with Gasteiger partial charge >= 0.3 is 0 Å². The van der Waals surface area contributed by atoms with Crippen molar-refractivity contribution >= 4 is 23.6 Å². The van der Waals surface area contributed by atoms with E-state index in [1.165, 1.54) is 0 Å². The number of amides is 4. The fraction of sp³-hybridized carbons (Fsp3) is 0.625. The van der Waals surface area contributed by atoms with Crippen molar-refractivity contribution in [1.29, 1.82) is 0 Å². The molecular formula is C16H21N5O5. The molecule has 0 atom stereocenters. The van der Waals surface area contributed by atoms with E-state index in [0.29, 0.717) is 37.6 Å². The quantitative estimate of drug-likeness (QED) is 0.691. The van der Waals surface area contributed by atoms with Crippen LogP contribution < -0.4 is 5.32 Å². The third-order valence-corrected chi connectivity index (χ3v) is 4.65. The maximum atomic E-state index is 12.3. The van der Waals surface area contributed by atoms with Crippen LogP contribution in [0.2, 0.25) is 0 Å². The SMILES string of the molecule is Cc1noc(CNC(=O)C2CCN(C(=O)CN3C(=O)CCC3=O)CC2)n1. The molecule has 2 aliphatic heterocycles. The van der Waals surface area contributed by atoms with Crippen molar-refractivity contribution in [2.75, 3.05) is 19.6 Å². The molecule has 0 spiro atoms. The topological polar surface area (TPSA) is 126 Å². The highest BCUT2D eigenvalue weighted by Gasteiger charge is 2.33. The predicted octanol–water partition coefficient (Wildman–Crippen LogP) is -0.618. The largest absolute Gasteiger partial charge is 0.347 e. The Bertz CT molecular complexity index is 706. The third-order valence-electron chi connectivity index (χ3n) is 4.65. The smallest absolute Gasteiger partial charge is 0.246 e. The third kappa shape index (κ3) is 4.06. The van der Waals surface area contributed by atoms with E-state index in [4.69, 9.17) is 4.52 Å². The van der Waals surface area contributed by atoms with Gasteiger partial charge in [0, 0.05) is 31.8 Å². The lowest BCUT2D eigenvalue weighted by Gasteiger charge is -2.32. The van der Waals surface area contributed by atoms with Crippen LogP contribution in [0, 0.1) is 12.8 Å². The van der Waals surface area contributed by atoms with Gasteiger partial charge in [0.1, 0.15) is 6.54 Å². The highest BCUT2D eigenvalue weighted by Crippen LogP contribution is 2.19. The van der Waals surface area contributed by atoms with Gasteiger partial charge in [-0.1, -0.05) is 5.16 Å². The zero-order valence-corrected chi connectivity index (χ0v) is 14.6. The van der Waals surface area contributed by atoms with Crippen LogP contribution in [0.3, 0.4) is 0 Å². The molecule has 26 heavy (non-hydrogen) atoms. The van der Waals surface area contributed by atoms with Crippen molar-refractivity contribution in [3.63, 3.8) is 0 Å².